The van der Waals surface area contributed by atoms with Crippen LogP contribution in [0.25, 0.3) is 15.8 Å². The van der Waals surface area contributed by atoms with Gasteiger partial charge in [-0.3, -0.25) is 4.79 Å². The van der Waals surface area contributed by atoms with Gasteiger partial charge < -0.3 is 14.0 Å². The molecule has 0 aliphatic rings. The van der Waals surface area contributed by atoms with Crippen molar-refractivity contribution in [2.45, 2.75) is 57.9 Å². The van der Waals surface area contributed by atoms with Crippen LogP contribution >= 0.6 is 0 Å². The summed E-state index contributed by atoms with van der Waals surface area (Å²) in [7, 11) is -3.14. The number of carbonyl (C=O) groups excluding carboxylic acids is 1. The van der Waals surface area contributed by atoms with Crippen molar-refractivity contribution in [3.63, 3.8) is 0 Å². The van der Waals surface area contributed by atoms with Crippen LogP contribution in [-0.4, -0.2) is 31.2 Å². The minimum atomic E-state index is -4.23. The van der Waals surface area contributed by atoms with Crippen LogP contribution < -0.4 is 51.4 Å². The zero-order valence-corrected chi connectivity index (χ0v) is 25.5. The molecule has 1 amide bonds. The van der Waals surface area contributed by atoms with Gasteiger partial charge in [0.1, 0.15) is 15.8 Å². The number of amides is 1. The molecule has 0 atom stereocenters. The van der Waals surface area contributed by atoms with E-state index in [1.165, 1.54) is 6.07 Å². The summed E-state index contributed by atoms with van der Waals surface area (Å²) in [6.45, 7) is 11.2. The van der Waals surface area contributed by atoms with E-state index in [0.717, 1.165) is 36.0 Å². The molecule has 0 bridgehead atoms. The second-order valence-corrected chi connectivity index (χ2v) is 11.4. The molecule has 3 rings (SSSR count). The van der Waals surface area contributed by atoms with Crippen molar-refractivity contribution in [3.8, 4) is 11.1 Å². The zero-order chi connectivity index (χ0) is 25.1. The van der Waals surface area contributed by atoms with Gasteiger partial charge in [0.15, 0.2) is 0 Å². The molecule has 7 nitrogen and oxygen atoms in total. The van der Waals surface area contributed by atoms with Gasteiger partial charge >= 0.3 is 51.4 Å². The molecule has 0 unspecified atom stereocenters. The second kappa shape index (κ2) is 12.2. The summed E-state index contributed by atoms with van der Waals surface area (Å²) in [4.78, 5) is 16.1. The number of ether oxygens (including phenoxy) is 1. The SMILES string of the molecule is COC(=O)[N-]S(=O)(=O)c1ccc(CC(C)C)cc1-c1ccc(Cn2ccnc2C(C)(C)C)cc1.[K+]. The first-order valence-electron chi connectivity index (χ1n) is 11.2. The van der Waals surface area contributed by atoms with E-state index >= 15 is 0 Å². The summed E-state index contributed by atoms with van der Waals surface area (Å²) < 4.78 is 35.5. The Labute approximate surface area is 251 Å². The number of benzene rings is 2. The van der Waals surface area contributed by atoms with Crippen LogP contribution in [0, 0.1) is 5.92 Å². The van der Waals surface area contributed by atoms with Gasteiger partial charge in [0, 0.05) is 24.4 Å². The first-order valence-corrected chi connectivity index (χ1v) is 12.6. The van der Waals surface area contributed by atoms with Crippen molar-refractivity contribution in [1.82, 2.24) is 9.55 Å². The van der Waals surface area contributed by atoms with E-state index in [1.54, 1.807) is 12.3 Å². The minimum absolute atomic E-state index is 0. The minimum Gasteiger partial charge on any atom is -0.506 e. The molecule has 0 aliphatic heterocycles. The predicted octanol–water partition coefficient (Wildman–Crippen LogP) is 2.93. The standard InChI is InChI=1S/C26H33N3O4S.K/c1-18(2)15-20-9-12-23(34(31,32)28-25(30)33-6)22(16-20)21-10-7-19(8-11-21)17-29-14-13-27-24(29)26(3,4)5;/h7-14,16,18H,15,17H2,1-6H3,(H,28,30);/q;+1/p-1. The molecular weight excluding hydrogens is 489 g/mol. The molecule has 1 heterocycles. The molecule has 0 aliphatic carbocycles. The molecule has 9 heteroatoms. The Morgan fingerprint density at radius 2 is 1.71 bits per heavy atom. The number of hydrogen-bond donors (Lipinski definition) is 0. The van der Waals surface area contributed by atoms with E-state index in [1.807, 2.05) is 36.5 Å². The number of methoxy groups -OCH3 is 1. The number of aromatic nitrogens is 2. The summed E-state index contributed by atoms with van der Waals surface area (Å²) in [5, 5.41) is 0. The molecule has 0 radical (unpaired) electrons. The number of rotatable bonds is 7. The van der Waals surface area contributed by atoms with Gasteiger partial charge in [-0.2, -0.15) is 0 Å². The molecule has 0 N–H and O–H groups in total. The van der Waals surface area contributed by atoms with Crippen molar-refractivity contribution in [1.29, 1.82) is 0 Å². The number of carbonyl (C=O) groups is 1. The molecule has 35 heavy (non-hydrogen) atoms. The Bertz CT molecular complexity index is 1260. The topological polar surface area (TPSA) is 92.4 Å². The Balaban J connectivity index is 0.00000432. The Morgan fingerprint density at radius 1 is 1.09 bits per heavy atom. The molecule has 1 aromatic heterocycles. The van der Waals surface area contributed by atoms with Crippen LogP contribution in [0.1, 0.15) is 51.6 Å². The average Bonchev–Trinajstić information content (AvgIpc) is 3.22. The van der Waals surface area contributed by atoms with E-state index in [9.17, 15) is 13.2 Å². The quantitative estimate of drug-likeness (QED) is 0.446. The number of hydrogen-bond acceptors (Lipinski definition) is 5. The van der Waals surface area contributed by atoms with Gasteiger partial charge in [0.25, 0.3) is 0 Å². The van der Waals surface area contributed by atoms with E-state index in [0.29, 0.717) is 18.0 Å². The summed E-state index contributed by atoms with van der Waals surface area (Å²) in [5.41, 5.74) is 3.24. The van der Waals surface area contributed by atoms with Gasteiger partial charge in [-0.15, -0.1) is 0 Å². The van der Waals surface area contributed by atoms with E-state index in [4.69, 9.17) is 0 Å². The predicted molar refractivity (Wildman–Crippen MR) is 133 cm³/mol. The Morgan fingerprint density at radius 3 is 2.29 bits per heavy atom. The van der Waals surface area contributed by atoms with Crippen LogP contribution in [0.4, 0.5) is 4.79 Å². The van der Waals surface area contributed by atoms with Crippen molar-refractivity contribution < 1.29 is 69.3 Å². The molecule has 0 saturated carbocycles. The molecular formula is C26H32KN3O4S. The monoisotopic (exact) mass is 521 g/mol. The van der Waals surface area contributed by atoms with Crippen LogP contribution in [-0.2, 0) is 33.1 Å². The van der Waals surface area contributed by atoms with E-state index in [-0.39, 0.29) is 61.7 Å². The van der Waals surface area contributed by atoms with Gasteiger partial charge in [-0.1, -0.05) is 65.0 Å². The van der Waals surface area contributed by atoms with Crippen LogP contribution in [0.15, 0.2) is 59.8 Å². The largest absolute Gasteiger partial charge is 1.00 e. The molecule has 0 spiro atoms. The second-order valence-electron chi connectivity index (χ2n) is 9.79. The number of nitrogens with zero attached hydrogens (tertiary/aromatic N) is 3. The van der Waals surface area contributed by atoms with Crippen LogP contribution in [0.5, 0.6) is 0 Å². The summed E-state index contributed by atoms with van der Waals surface area (Å²) in [6.07, 6.45) is 3.41. The number of imidazole rings is 1. The summed E-state index contributed by atoms with van der Waals surface area (Å²) in [5.74, 6) is 1.40. The van der Waals surface area contributed by atoms with Crippen molar-refractivity contribution >= 4 is 16.1 Å². The maximum atomic E-state index is 12.9. The van der Waals surface area contributed by atoms with Crippen molar-refractivity contribution in [3.05, 3.63) is 76.5 Å². The fourth-order valence-electron chi connectivity index (χ4n) is 3.88. The van der Waals surface area contributed by atoms with Gasteiger partial charge in [0.2, 0.25) is 6.09 Å². The maximum Gasteiger partial charge on any atom is 1.00 e. The molecule has 0 saturated heterocycles. The van der Waals surface area contributed by atoms with Crippen LogP contribution in [0.3, 0.4) is 0 Å². The van der Waals surface area contributed by atoms with E-state index < -0.39 is 16.1 Å². The van der Waals surface area contributed by atoms with E-state index in [2.05, 4.69) is 53.6 Å². The molecule has 3 aromatic rings. The average molecular weight is 522 g/mol. The third-order valence-electron chi connectivity index (χ3n) is 5.34. The van der Waals surface area contributed by atoms with Crippen molar-refractivity contribution in [2.24, 2.45) is 5.92 Å². The smallest absolute Gasteiger partial charge is 0.506 e. The van der Waals surface area contributed by atoms with Crippen LogP contribution in [0.2, 0.25) is 0 Å². The molecule has 182 valence electrons. The van der Waals surface area contributed by atoms with Crippen molar-refractivity contribution in [2.75, 3.05) is 7.11 Å². The number of sulfonamides is 1. The van der Waals surface area contributed by atoms with Gasteiger partial charge in [-0.25, -0.2) is 13.4 Å². The Hall–Kier alpha value is -1.49. The molecule has 0 fully saturated rings. The van der Waals surface area contributed by atoms with Gasteiger partial charge in [-0.05, 0) is 46.7 Å². The third kappa shape index (κ3) is 7.74. The normalized spacial score (nSPS) is 11.7. The fraction of sp³-hybridized carbons (Fsp3) is 0.385. The summed E-state index contributed by atoms with van der Waals surface area (Å²) >= 11 is 0. The Kier molecular flexibility index (Phi) is 10.3. The first kappa shape index (κ1) is 29.7. The molecule has 2 aromatic carbocycles. The maximum absolute atomic E-state index is 12.9. The summed E-state index contributed by atoms with van der Waals surface area (Å²) in [6, 6.07) is 12.9. The zero-order valence-electron chi connectivity index (χ0n) is 21.6. The first-order chi connectivity index (χ1) is 15.9. The third-order valence-corrected chi connectivity index (χ3v) is 6.64. The fourth-order valence-corrected chi connectivity index (χ4v) is 4.94. The van der Waals surface area contributed by atoms with Gasteiger partial charge in [0.05, 0.1) is 12.0 Å².